The number of hydrogen-bond donors (Lipinski definition) is 0. The van der Waals surface area contributed by atoms with Crippen LogP contribution in [-0.4, -0.2) is 5.48 Å². The lowest BCUT2D eigenvalue weighted by Crippen LogP contribution is -1.62. The molecule has 0 unspecified atom stereocenters. The van der Waals surface area contributed by atoms with Crippen molar-refractivity contribution in [2.75, 3.05) is 0 Å². The van der Waals surface area contributed by atoms with Crippen molar-refractivity contribution in [3.63, 3.8) is 0 Å². The highest BCUT2D eigenvalue weighted by Crippen LogP contribution is 1.94. The van der Waals surface area contributed by atoms with Crippen LogP contribution in [0.1, 0.15) is 55.4 Å². The van der Waals surface area contributed by atoms with Crippen molar-refractivity contribution in [2.45, 2.75) is 55.4 Å². The van der Waals surface area contributed by atoms with Crippen molar-refractivity contribution in [2.24, 2.45) is 0 Å². The fourth-order valence-electron chi connectivity index (χ4n) is 0.667. The fraction of sp³-hybridized carbons (Fsp3) is 0.500. The zero-order chi connectivity index (χ0) is 13.1. The minimum Gasteiger partial charge on any atom is -0.412 e. The van der Waals surface area contributed by atoms with Crippen LogP contribution in [0.2, 0.25) is 0 Å². The summed E-state index contributed by atoms with van der Waals surface area (Å²) in [6, 6.07) is 0. The lowest BCUT2D eigenvalue weighted by atomic mass is 10.2. The second-order valence-corrected chi connectivity index (χ2v) is 4.98. The Labute approximate surface area is 121 Å². The molecule has 2 heteroatoms. The highest BCUT2D eigenvalue weighted by atomic mass is 32.1. The summed E-state index contributed by atoms with van der Waals surface area (Å²) in [7, 11) is 0. The Morgan fingerprint density at radius 2 is 0.556 bits per heavy atom. The van der Waals surface area contributed by atoms with Gasteiger partial charge < -0.3 is 5.48 Å². The normalized spacial score (nSPS) is 7.11. The van der Waals surface area contributed by atoms with Gasteiger partial charge in [0.1, 0.15) is 0 Å². The predicted octanol–water partition coefficient (Wildman–Crippen LogP) is 5.13. The summed E-state index contributed by atoms with van der Waals surface area (Å²) in [4.78, 5) is 0. The molecule has 0 aliphatic heterocycles. The molecule has 0 bridgehead atoms. The van der Waals surface area contributed by atoms with E-state index in [1.54, 1.807) is 0 Å². The van der Waals surface area contributed by atoms with E-state index in [9.17, 15) is 0 Å². The second kappa shape index (κ2) is 16.3. The molecule has 0 saturated carbocycles. The van der Waals surface area contributed by atoms with E-state index in [-0.39, 0.29) is 19.0 Å². The smallest absolute Gasteiger partial charge is 0.0439 e. The van der Waals surface area contributed by atoms with Crippen molar-refractivity contribution >= 4 is 13.5 Å². The largest absolute Gasteiger partial charge is 0.412 e. The average molecular weight is 272 g/mol. The zero-order valence-corrected chi connectivity index (χ0v) is 14.3. The van der Waals surface area contributed by atoms with E-state index < -0.39 is 0 Å². The van der Waals surface area contributed by atoms with Gasteiger partial charge in [-0.15, -0.1) is 0 Å². The van der Waals surface area contributed by atoms with Crippen molar-refractivity contribution in [1.82, 2.24) is 0 Å². The highest BCUT2D eigenvalue weighted by molar-refractivity contribution is 7.59. The third-order valence-corrected chi connectivity index (χ3v) is 1.50. The zero-order valence-electron chi connectivity index (χ0n) is 13.3. The highest BCUT2D eigenvalue weighted by Gasteiger charge is 1.72. The molecule has 0 heterocycles. The minimum atomic E-state index is 0. The third-order valence-electron chi connectivity index (χ3n) is 1.50. The van der Waals surface area contributed by atoms with Gasteiger partial charge in [0.05, 0.1) is 0 Å². The summed E-state index contributed by atoms with van der Waals surface area (Å²) in [6.45, 7) is 16.8. The van der Waals surface area contributed by atoms with Gasteiger partial charge in [0.25, 0.3) is 0 Å². The molecule has 18 heavy (non-hydrogen) atoms. The van der Waals surface area contributed by atoms with Crippen LogP contribution in [0.3, 0.4) is 0 Å². The van der Waals surface area contributed by atoms with Crippen LogP contribution in [-0.2, 0) is 0 Å². The molecule has 0 aromatic rings. The lowest BCUT2D eigenvalue weighted by Gasteiger charge is -1.84. The minimum absolute atomic E-state index is 0. The maximum atomic E-state index is 2.12. The van der Waals surface area contributed by atoms with E-state index in [0.717, 1.165) is 0 Å². The Balaban J connectivity index is -0.0000000980. The molecule has 0 amide bonds. The van der Waals surface area contributed by atoms with Crippen molar-refractivity contribution in [1.29, 1.82) is 0 Å². The van der Waals surface area contributed by atoms with Gasteiger partial charge in [-0.2, -0.15) is 13.5 Å². The molecule has 0 aliphatic carbocycles. The topological polar surface area (TPSA) is 31.5 Å². The van der Waals surface area contributed by atoms with Gasteiger partial charge >= 0.3 is 0 Å². The number of hydrogen-bond acceptors (Lipinski definition) is 0. The van der Waals surface area contributed by atoms with Gasteiger partial charge in [-0.05, 0) is 55.4 Å². The standard InChI is InChI=1S/2C8H14.H2O.H2S/c2*1-7(2)5-6-8(3)4;;/h2*5-6H,1-4H3;2*1H2. The molecular formula is C16H32OS. The molecule has 0 spiro atoms. The first-order valence-corrected chi connectivity index (χ1v) is 5.82. The molecule has 0 fully saturated rings. The van der Waals surface area contributed by atoms with Gasteiger partial charge in [0.15, 0.2) is 0 Å². The quantitative estimate of drug-likeness (QED) is 0.624. The number of allylic oxidation sites excluding steroid dienone is 8. The molecular weight excluding hydrogens is 240 g/mol. The van der Waals surface area contributed by atoms with E-state index >= 15 is 0 Å². The van der Waals surface area contributed by atoms with E-state index in [2.05, 4.69) is 79.7 Å². The van der Waals surface area contributed by atoms with Crippen LogP contribution in [0.15, 0.2) is 46.6 Å². The van der Waals surface area contributed by atoms with Gasteiger partial charge in [0.2, 0.25) is 0 Å². The Kier molecular flexibility index (Phi) is 23.5. The second-order valence-electron chi connectivity index (χ2n) is 4.98. The molecule has 0 atom stereocenters. The van der Waals surface area contributed by atoms with Crippen molar-refractivity contribution < 1.29 is 5.48 Å². The first-order valence-electron chi connectivity index (χ1n) is 5.82. The summed E-state index contributed by atoms with van der Waals surface area (Å²) < 4.78 is 0. The maximum Gasteiger partial charge on any atom is -0.0439 e. The molecule has 0 saturated heterocycles. The fourth-order valence-corrected chi connectivity index (χ4v) is 0.667. The van der Waals surface area contributed by atoms with Crippen LogP contribution >= 0.6 is 13.5 Å². The van der Waals surface area contributed by atoms with E-state index in [1.807, 2.05) is 0 Å². The molecule has 1 nitrogen and oxygen atoms in total. The van der Waals surface area contributed by atoms with Crippen molar-refractivity contribution in [3.8, 4) is 0 Å². The van der Waals surface area contributed by atoms with Crippen LogP contribution in [0.5, 0.6) is 0 Å². The molecule has 2 N–H and O–H groups in total. The molecule has 0 aliphatic rings. The Hall–Kier alpha value is -0.730. The first kappa shape index (κ1) is 26.0. The third kappa shape index (κ3) is 36.2. The molecule has 108 valence electrons. The van der Waals surface area contributed by atoms with Crippen LogP contribution in [0, 0.1) is 0 Å². The Morgan fingerprint density at radius 1 is 0.444 bits per heavy atom. The van der Waals surface area contributed by atoms with E-state index in [4.69, 9.17) is 0 Å². The summed E-state index contributed by atoms with van der Waals surface area (Å²) >= 11 is 0. The molecule has 0 aromatic carbocycles. The summed E-state index contributed by atoms with van der Waals surface area (Å²) in [6.07, 6.45) is 8.48. The summed E-state index contributed by atoms with van der Waals surface area (Å²) in [5, 5.41) is 0. The van der Waals surface area contributed by atoms with Gasteiger partial charge in [0, 0.05) is 0 Å². The van der Waals surface area contributed by atoms with E-state index in [1.165, 1.54) is 22.3 Å². The molecule has 0 radical (unpaired) electrons. The molecule has 0 rings (SSSR count). The summed E-state index contributed by atoms with van der Waals surface area (Å²) in [5.74, 6) is 0. The Morgan fingerprint density at radius 3 is 0.611 bits per heavy atom. The number of rotatable bonds is 2. The van der Waals surface area contributed by atoms with Crippen LogP contribution in [0.4, 0.5) is 0 Å². The van der Waals surface area contributed by atoms with Gasteiger partial charge in [-0.1, -0.05) is 46.6 Å². The van der Waals surface area contributed by atoms with Gasteiger partial charge in [-0.25, -0.2) is 0 Å². The van der Waals surface area contributed by atoms with E-state index in [0.29, 0.717) is 0 Å². The maximum absolute atomic E-state index is 2.12. The monoisotopic (exact) mass is 272 g/mol. The summed E-state index contributed by atoms with van der Waals surface area (Å²) in [5.41, 5.74) is 5.41. The van der Waals surface area contributed by atoms with Gasteiger partial charge in [-0.3, -0.25) is 0 Å². The SMILES string of the molecule is CC(C)=CC=C(C)C.CC(C)=CC=C(C)C.O.S. The molecule has 0 aromatic heterocycles. The Bertz CT molecular complexity index is 227. The van der Waals surface area contributed by atoms with Crippen LogP contribution < -0.4 is 0 Å². The lowest BCUT2D eigenvalue weighted by molar-refractivity contribution is 0.824. The van der Waals surface area contributed by atoms with Crippen molar-refractivity contribution in [3.05, 3.63) is 46.6 Å². The van der Waals surface area contributed by atoms with Crippen LogP contribution in [0.25, 0.3) is 0 Å². The predicted molar refractivity (Wildman–Crippen MR) is 91.7 cm³/mol. The first-order chi connectivity index (χ1) is 7.25. The average Bonchev–Trinajstić information content (AvgIpc) is 2.12.